The molecule has 1 aromatic heterocycles. The first-order valence-electron chi connectivity index (χ1n) is 5.27. The van der Waals surface area contributed by atoms with Crippen LogP contribution in [0.3, 0.4) is 0 Å². The van der Waals surface area contributed by atoms with Crippen LogP contribution in [0.15, 0.2) is 17.5 Å². The Morgan fingerprint density at radius 1 is 1.67 bits per heavy atom. The Kier molecular flexibility index (Phi) is 3.72. The van der Waals surface area contributed by atoms with Crippen molar-refractivity contribution in [2.75, 3.05) is 12.4 Å². The normalized spacial score (nSPS) is 30.9. The third-order valence-corrected chi connectivity index (χ3v) is 5.44. The maximum absolute atomic E-state index is 9.54. The molecule has 1 saturated heterocycles. The van der Waals surface area contributed by atoms with Gasteiger partial charge < -0.3 is 10.4 Å². The van der Waals surface area contributed by atoms with Crippen molar-refractivity contribution in [3.8, 4) is 0 Å². The number of aliphatic hydroxyl groups is 1. The molecular weight excluding hydrogens is 226 g/mol. The fraction of sp³-hybridized carbons (Fsp3) is 0.636. The molecule has 0 spiro atoms. The standard InChI is InChI=1S/C11H17NOS2/c1-9-11(8-13,4-6-14-9)12-7-10-3-2-5-15-10/h2-3,5,9,12-13H,4,6-8H2,1H3. The lowest BCUT2D eigenvalue weighted by Gasteiger charge is -2.32. The highest BCUT2D eigenvalue weighted by atomic mass is 32.2. The van der Waals surface area contributed by atoms with Crippen molar-refractivity contribution in [3.05, 3.63) is 22.4 Å². The van der Waals surface area contributed by atoms with E-state index in [9.17, 15) is 5.11 Å². The van der Waals surface area contributed by atoms with Crippen LogP contribution in [0.1, 0.15) is 18.2 Å². The molecule has 0 bridgehead atoms. The van der Waals surface area contributed by atoms with Gasteiger partial charge in [-0.3, -0.25) is 0 Å². The number of nitrogens with one attached hydrogen (secondary N) is 1. The molecule has 1 fully saturated rings. The summed E-state index contributed by atoms with van der Waals surface area (Å²) in [5.41, 5.74) is -0.0609. The summed E-state index contributed by atoms with van der Waals surface area (Å²) in [4.78, 5) is 1.34. The first kappa shape index (κ1) is 11.5. The lowest BCUT2D eigenvalue weighted by Crippen LogP contribution is -2.52. The van der Waals surface area contributed by atoms with Crippen molar-refractivity contribution >= 4 is 23.1 Å². The molecule has 1 aromatic rings. The molecule has 1 aliphatic heterocycles. The molecule has 84 valence electrons. The molecule has 2 heterocycles. The van der Waals surface area contributed by atoms with Crippen molar-refractivity contribution in [2.45, 2.75) is 30.7 Å². The highest BCUT2D eigenvalue weighted by Gasteiger charge is 2.39. The lowest BCUT2D eigenvalue weighted by atomic mass is 9.94. The van der Waals surface area contributed by atoms with Gasteiger partial charge in [-0.1, -0.05) is 13.0 Å². The molecule has 2 unspecified atom stereocenters. The van der Waals surface area contributed by atoms with Gasteiger partial charge >= 0.3 is 0 Å². The van der Waals surface area contributed by atoms with E-state index in [0.717, 1.165) is 18.7 Å². The highest BCUT2D eigenvalue weighted by Crippen LogP contribution is 2.35. The quantitative estimate of drug-likeness (QED) is 0.849. The van der Waals surface area contributed by atoms with Crippen LogP contribution in [0, 0.1) is 0 Å². The van der Waals surface area contributed by atoms with Crippen LogP contribution >= 0.6 is 23.1 Å². The lowest BCUT2D eigenvalue weighted by molar-refractivity contribution is 0.161. The molecule has 2 rings (SSSR count). The SMILES string of the molecule is CC1SCCC1(CO)NCc1cccs1. The van der Waals surface area contributed by atoms with E-state index in [1.165, 1.54) is 4.88 Å². The van der Waals surface area contributed by atoms with E-state index in [-0.39, 0.29) is 12.1 Å². The Morgan fingerprint density at radius 3 is 3.07 bits per heavy atom. The number of thiophene rings is 1. The fourth-order valence-electron chi connectivity index (χ4n) is 1.95. The zero-order chi connectivity index (χ0) is 10.7. The molecule has 2 nitrogen and oxygen atoms in total. The molecule has 0 amide bonds. The van der Waals surface area contributed by atoms with Crippen molar-refractivity contribution < 1.29 is 5.11 Å². The van der Waals surface area contributed by atoms with Crippen molar-refractivity contribution in [3.63, 3.8) is 0 Å². The van der Waals surface area contributed by atoms with Crippen LogP contribution in [-0.2, 0) is 6.54 Å². The molecule has 2 atom stereocenters. The second-order valence-electron chi connectivity index (χ2n) is 4.01. The van der Waals surface area contributed by atoms with Crippen LogP contribution in [0.2, 0.25) is 0 Å². The summed E-state index contributed by atoms with van der Waals surface area (Å²) in [5.74, 6) is 1.15. The maximum atomic E-state index is 9.54. The van der Waals surface area contributed by atoms with Gasteiger partial charge in [-0.15, -0.1) is 11.3 Å². The summed E-state index contributed by atoms with van der Waals surface area (Å²) >= 11 is 3.71. The minimum atomic E-state index is -0.0609. The average Bonchev–Trinajstić information content (AvgIpc) is 2.85. The Morgan fingerprint density at radius 2 is 2.53 bits per heavy atom. The summed E-state index contributed by atoms with van der Waals surface area (Å²) in [7, 11) is 0. The Hall–Kier alpha value is -0.0300. The third-order valence-electron chi connectivity index (χ3n) is 3.17. The van der Waals surface area contributed by atoms with Crippen LogP contribution < -0.4 is 5.32 Å². The van der Waals surface area contributed by atoms with Gasteiger partial charge in [-0.2, -0.15) is 11.8 Å². The van der Waals surface area contributed by atoms with Crippen molar-refractivity contribution in [1.82, 2.24) is 5.32 Å². The minimum Gasteiger partial charge on any atom is -0.394 e. The van der Waals surface area contributed by atoms with Crippen molar-refractivity contribution in [2.24, 2.45) is 0 Å². The molecule has 1 aliphatic rings. The van der Waals surface area contributed by atoms with Gasteiger partial charge in [-0.05, 0) is 23.6 Å². The molecule has 0 aromatic carbocycles. The number of aliphatic hydroxyl groups excluding tert-OH is 1. The van der Waals surface area contributed by atoms with Crippen molar-refractivity contribution in [1.29, 1.82) is 0 Å². The van der Waals surface area contributed by atoms with Crippen LogP contribution in [-0.4, -0.2) is 28.3 Å². The van der Waals surface area contributed by atoms with E-state index in [4.69, 9.17) is 0 Å². The summed E-state index contributed by atoms with van der Waals surface area (Å²) in [6.45, 7) is 3.32. The predicted octanol–water partition coefficient (Wildman–Crippen LogP) is 2.09. The monoisotopic (exact) mass is 243 g/mol. The van der Waals surface area contributed by atoms with Gasteiger partial charge in [0.05, 0.1) is 12.1 Å². The number of thioether (sulfide) groups is 1. The van der Waals surface area contributed by atoms with Gasteiger partial charge in [0.25, 0.3) is 0 Å². The fourth-order valence-corrected chi connectivity index (χ4v) is 4.03. The summed E-state index contributed by atoms with van der Waals surface area (Å²) < 4.78 is 0. The Balaban J connectivity index is 1.96. The molecule has 0 saturated carbocycles. The summed E-state index contributed by atoms with van der Waals surface area (Å²) in [5, 5.41) is 15.7. The number of hydrogen-bond acceptors (Lipinski definition) is 4. The highest BCUT2D eigenvalue weighted by molar-refractivity contribution is 8.00. The van der Waals surface area contributed by atoms with Crippen LogP contribution in [0.5, 0.6) is 0 Å². The smallest absolute Gasteiger partial charge is 0.0624 e. The number of hydrogen-bond donors (Lipinski definition) is 2. The molecule has 0 aliphatic carbocycles. The Bertz CT molecular complexity index is 302. The zero-order valence-electron chi connectivity index (χ0n) is 8.90. The van der Waals surface area contributed by atoms with Crippen LogP contribution in [0.25, 0.3) is 0 Å². The van der Waals surface area contributed by atoms with Gasteiger partial charge in [0, 0.05) is 16.7 Å². The predicted molar refractivity (Wildman–Crippen MR) is 67.5 cm³/mol. The van der Waals surface area contributed by atoms with E-state index in [2.05, 4.69) is 29.8 Å². The van der Waals surface area contributed by atoms with Gasteiger partial charge in [0.2, 0.25) is 0 Å². The Labute approximate surface area is 99.1 Å². The summed E-state index contributed by atoms with van der Waals surface area (Å²) in [6.07, 6.45) is 1.07. The zero-order valence-corrected chi connectivity index (χ0v) is 10.5. The maximum Gasteiger partial charge on any atom is 0.0624 e. The average molecular weight is 243 g/mol. The molecule has 0 radical (unpaired) electrons. The molecule has 4 heteroatoms. The molecule has 15 heavy (non-hydrogen) atoms. The summed E-state index contributed by atoms with van der Waals surface area (Å²) in [6, 6.07) is 4.20. The van der Waals surface area contributed by atoms with E-state index in [0.29, 0.717) is 5.25 Å². The molecule has 2 N–H and O–H groups in total. The van der Waals surface area contributed by atoms with Gasteiger partial charge in [-0.25, -0.2) is 0 Å². The van der Waals surface area contributed by atoms with E-state index >= 15 is 0 Å². The molecular formula is C11H17NOS2. The first-order chi connectivity index (χ1) is 7.27. The first-order valence-corrected chi connectivity index (χ1v) is 7.19. The topological polar surface area (TPSA) is 32.3 Å². The van der Waals surface area contributed by atoms with E-state index < -0.39 is 0 Å². The second-order valence-corrected chi connectivity index (χ2v) is 6.49. The van der Waals surface area contributed by atoms with E-state index in [1.807, 2.05) is 11.8 Å². The number of rotatable bonds is 4. The van der Waals surface area contributed by atoms with E-state index in [1.54, 1.807) is 11.3 Å². The largest absolute Gasteiger partial charge is 0.394 e. The second kappa shape index (κ2) is 4.87. The van der Waals surface area contributed by atoms with Crippen LogP contribution in [0.4, 0.5) is 0 Å². The third kappa shape index (κ3) is 2.38. The van der Waals surface area contributed by atoms with Gasteiger partial charge in [0.1, 0.15) is 0 Å². The van der Waals surface area contributed by atoms with Gasteiger partial charge in [0.15, 0.2) is 0 Å². The minimum absolute atomic E-state index is 0.0609.